The van der Waals surface area contributed by atoms with Gasteiger partial charge in [-0.3, -0.25) is 9.78 Å². The summed E-state index contributed by atoms with van der Waals surface area (Å²) >= 11 is 0. The molecule has 0 atom stereocenters. The summed E-state index contributed by atoms with van der Waals surface area (Å²) in [5.74, 6) is 4.98. The van der Waals surface area contributed by atoms with Crippen LogP contribution in [0.5, 0.6) is 0 Å². The summed E-state index contributed by atoms with van der Waals surface area (Å²) in [7, 11) is 0. The molecule has 1 amide bonds. The summed E-state index contributed by atoms with van der Waals surface area (Å²) in [6.45, 7) is -0.198. The van der Waals surface area contributed by atoms with Gasteiger partial charge in [-0.1, -0.05) is 17.9 Å². The molecule has 0 aliphatic heterocycles. The molecule has 0 fully saturated rings. The average Bonchev–Trinajstić information content (AvgIpc) is 2.46. The molecule has 0 unspecified atom stereocenters. The number of aliphatic hydroxyl groups excluding tert-OH is 1. The molecule has 5 nitrogen and oxygen atoms in total. The van der Waals surface area contributed by atoms with Crippen LogP contribution in [0.4, 0.5) is 5.69 Å². The zero-order chi connectivity index (χ0) is 13.5. The molecule has 2 rings (SSSR count). The molecule has 1 aromatic heterocycles. The number of amides is 1. The zero-order valence-electron chi connectivity index (χ0n) is 10.00. The Bertz CT molecular complexity index is 630. The van der Waals surface area contributed by atoms with E-state index in [0.717, 1.165) is 0 Å². The lowest BCUT2D eigenvalue weighted by Crippen LogP contribution is -2.13. The molecule has 0 saturated heterocycles. The highest BCUT2D eigenvalue weighted by Crippen LogP contribution is 2.10. The number of carbonyl (C=O) groups excluding carboxylic acids is 1. The van der Waals surface area contributed by atoms with Crippen LogP contribution < -0.4 is 5.32 Å². The molecule has 5 heteroatoms. The van der Waals surface area contributed by atoms with Crippen LogP contribution >= 0.6 is 0 Å². The van der Waals surface area contributed by atoms with Gasteiger partial charge in [0.2, 0.25) is 0 Å². The maximum atomic E-state index is 11.8. The number of hydrogen-bond acceptors (Lipinski definition) is 4. The maximum absolute atomic E-state index is 11.8. The summed E-state index contributed by atoms with van der Waals surface area (Å²) in [5, 5.41) is 11.3. The molecular weight excluding hydrogens is 242 g/mol. The molecular formula is C14H11N3O2. The van der Waals surface area contributed by atoms with E-state index in [4.69, 9.17) is 5.11 Å². The van der Waals surface area contributed by atoms with Gasteiger partial charge in [-0.15, -0.1) is 0 Å². The number of aromatic nitrogens is 2. The van der Waals surface area contributed by atoms with E-state index in [2.05, 4.69) is 27.1 Å². The molecule has 1 heterocycles. The molecule has 0 bridgehead atoms. The van der Waals surface area contributed by atoms with Crippen LogP contribution in [-0.2, 0) is 0 Å². The number of rotatable bonds is 2. The first-order valence-electron chi connectivity index (χ1n) is 5.57. The highest BCUT2D eigenvalue weighted by Gasteiger charge is 2.07. The molecule has 0 spiro atoms. The predicted octanol–water partition coefficient (Wildman–Crippen LogP) is 1.07. The van der Waals surface area contributed by atoms with E-state index in [1.807, 2.05) is 0 Å². The Hall–Kier alpha value is -2.71. The van der Waals surface area contributed by atoms with Gasteiger partial charge in [0.25, 0.3) is 5.91 Å². The van der Waals surface area contributed by atoms with Crippen molar-refractivity contribution in [3.63, 3.8) is 0 Å². The van der Waals surface area contributed by atoms with Crippen LogP contribution in [0.15, 0.2) is 42.9 Å². The van der Waals surface area contributed by atoms with Gasteiger partial charge in [0.1, 0.15) is 12.3 Å². The Morgan fingerprint density at radius 3 is 3.00 bits per heavy atom. The molecule has 0 aliphatic carbocycles. The molecule has 0 saturated carbocycles. The van der Waals surface area contributed by atoms with E-state index in [0.29, 0.717) is 11.3 Å². The smallest absolute Gasteiger partial charge is 0.275 e. The number of aliphatic hydroxyl groups is 1. The van der Waals surface area contributed by atoms with Crippen LogP contribution in [0, 0.1) is 11.8 Å². The van der Waals surface area contributed by atoms with Crippen molar-refractivity contribution in [3.05, 3.63) is 54.1 Å². The number of anilines is 1. The second-order valence-electron chi connectivity index (χ2n) is 3.59. The van der Waals surface area contributed by atoms with Crippen LogP contribution in [0.3, 0.4) is 0 Å². The maximum Gasteiger partial charge on any atom is 0.275 e. The van der Waals surface area contributed by atoms with Gasteiger partial charge >= 0.3 is 0 Å². The van der Waals surface area contributed by atoms with E-state index >= 15 is 0 Å². The first-order valence-corrected chi connectivity index (χ1v) is 5.57. The van der Waals surface area contributed by atoms with Crippen molar-refractivity contribution in [2.45, 2.75) is 0 Å². The van der Waals surface area contributed by atoms with E-state index in [-0.39, 0.29) is 18.2 Å². The summed E-state index contributed by atoms with van der Waals surface area (Å²) in [6, 6.07) is 7.03. The van der Waals surface area contributed by atoms with Gasteiger partial charge in [-0.2, -0.15) is 0 Å². The first-order chi connectivity index (χ1) is 9.29. The van der Waals surface area contributed by atoms with Crippen molar-refractivity contribution < 1.29 is 9.90 Å². The van der Waals surface area contributed by atoms with Crippen molar-refractivity contribution >= 4 is 11.6 Å². The van der Waals surface area contributed by atoms with Crippen LogP contribution in [0.1, 0.15) is 16.1 Å². The molecule has 2 N–H and O–H groups in total. The second-order valence-corrected chi connectivity index (χ2v) is 3.59. The summed E-state index contributed by atoms with van der Waals surface area (Å²) in [6.07, 6.45) is 4.35. The Morgan fingerprint density at radius 2 is 2.26 bits per heavy atom. The third kappa shape index (κ3) is 3.63. The molecule has 2 aromatic rings. The number of nitrogens with one attached hydrogen (secondary N) is 1. The summed E-state index contributed by atoms with van der Waals surface area (Å²) in [5.41, 5.74) is 1.57. The number of nitrogens with zero attached hydrogens (tertiary/aromatic N) is 2. The largest absolute Gasteiger partial charge is 0.384 e. The molecule has 1 aromatic carbocycles. The fourth-order valence-electron chi connectivity index (χ4n) is 1.43. The first kappa shape index (κ1) is 12.7. The SMILES string of the molecule is O=C(Nc1cccc(C#CCO)c1)c1cnccn1. The van der Waals surface area contributed by atoms with Crippen molar-refractivity contribution in [3.8, 4) is 11.8 Å². The highest BCUT2D eigenvalue weighted by molar-refractivity contribution is 6.02. The van der Waals surface area contributed by atoms with Crippen LogP contribution in [0.25, 0.3) is 0 Å². The van der Waals surface area contributed by atoms with Crippen molar-refractivity contribution in [2.24, 2.45) is 0 Å². The van der Waals surface area contributed by atoms with E-state index in [1.54, 1.807) is 24.3 Å². The third-order valence-corrected chi connectivity index (χ3v) is 2.23. The van der Waals surface area contributed by atoms with Gasteiger partial charge in [0, 0.05) is 23.6 Å². The van der Waals surface area contributed by atoms with Gasteiger partial charge < -0.3 is 10.4 Å². The Balaban J connectivity index is 2.13. The second kappa shape index (κ2) is 6.28. The minimum absolute atomic E-state index is 0.198. The lowest BCUT2D eigenvalue weighted by molar-refractivity contribution is 0.102. The fourth-order valence-corrected chi connectivity index (χ4v) is 1.43. The van der Waals surface area contributed by atoms with E-state index in [9.17, 15) is 4.79 Å². The van der Waals surface area contributed by atoms with Crippen molar-refractivity contribution in [1.82, 2.24) is 9.97 Å². The van der Waals surface area contributed by atoms with Gasteiger partial charge in [-0.05, 0) is 18.2 Å². The number of hydrogen-bond donors (Lipinski definition) is 2. The minimum Gasteiger partial charge on any atom is -0.384 e. The summed E-state index contributed by atoms with van der Waals surface area (Å²) in [4.78, 5) is 19.6. The lowest BCUT2D eigenvalue weighted by atomic mass is 10.2. The quantitative estimate of drug-likeness (QED) is 0.785. The molecule has 19 heavy (non-hydrogen) atoms. The predicted molar refractivity (Wildman–Crippen MR) is 70.4 cm³/mol. The van der Waals surface area contributed by atoms with Crippen LogP contribution in [-0.4, -0.2) is 27.6 Å². The van der Waals surface area contributed by atoms with Gasteiger partial charge in [0.05, 0.1) is 6.20 Å². The standard InChI is InChI=1S/C14H11N3O2/c18-8-2-4-11-3-1-5-12(9-11)17-14(19)13-10-15-6-7-16-13/h1,3,5-7,9-10,18H,8H2,(H,17,19). The van der Waals surface area contributed by atoms with Crippen molar-refractivity contribution in [2.75, 3.05) is 11.9 Å². The Kier molecular flexibility index (Phi) is 4.21. The fraction of sp³-hybridized carbons (Fsp3) is 0.0714. The highest BCUT2D eigenvalue weighted by atomic mass is 16.2. The van der Waals surface area contributed by atoms with E-state index < -0.39 is 0 Å². The number of carbonyl (C=O) groups is 1. The Labute approximate surface area is 110 Å². The monoisotopic (exact) mass is 253 g/mol. The van der Waals surface area contributed by atoms with Gasteiger partial charge in [-0.25, -0.2) is 4.98 Å². The number of benzene rings is 1. The summed E-state index contributed by atoms with van der Waals surface area (Å²) < 4.78 is 0. The van der Waals surface area contributed by atoms with Crippen LogP contribution in [0.2, 0.25) is 0 Å². The molecule has 0 radical (unpaired) electrons. The Morgan fingerprint density at radius 1 is 1.37 bits per heavy atom. The topological polar surface area (TPSA) is 75.1 Å². The van der Waals surface area contributed by atoms with Crippen molar-refractivity contribution in [1.29, 1.82) is 0 Å². The molecule has 94 valence electrons. The molecule has 0 aliphatic rings. The normalized spacial score (nSPS) is 9.32. The van der Waals surface area contributed by atoms with E-state index in [1.165, 1.54) is 18.6 Å². The lowest BCUT2D eigenvalue weighted by Gasteiger charge is -2.04. The minimum atomic E-state index is -0.333. The third-order valence-electron chi connectivity index (χ3n) is 2.23. The zero-order valence-corrected chi connectivity index (χ0v) is 10.00. The van der Waals surface area contributed by atoms with Gasteiger partial charge in [0.15, 0.2) is 0 Å². The average molecular weight is 253 g/mol.